The predicted octanol–water partition coefficient (Wildman–Crippen LogP) is 4.30. The zero-order valence-electron chi connectivity index (χ0n) is 18.4. The van der Waals surface area contributed by atoms with Gasteiger partial charge in [0.15, 0.2) is 0 Å². The second kappa shape index (κ2) is 13.2. The number of carboxylic acids is 1. The zero-order valence-corrected chi connectivity index (χ0v) is 18.4. The lowest BCUT2D eigenvalue weighted by molar-refractivity contribution is -0.141. The number of carbonyl (C=O) groups is 3. The maximum Gasteiger partial charge on any atom is 0.416 e. The molecule has 2 aromatic rings. The highest BCUT2D eigenvalue weighted by molar-refractivity contribution is 5.83. The summed E-state index contributed by atoms with van der Waals surface area (Å²) in [5.74, 6) is -1.83. The molecule has 0 saturated carbocycles. The number of benzene rings is 2. The van der Waals surface area contributed by atoms with E-state index in [-0.39, 0.29) is 25.0 Å². The first kappa shape index (κ1) is 26.7. The fourth-order valence-electron chi connectivity index (χ4n) is 3.13. The van der Waals surface area contributed by atoms with Gasteiger partial charge in [-0.05, 0) is 30.0 Å². The number of carboxylic acid groups (broad SMARTS) is 1. The Kier molecular flexibility index (Phi) is 10.4. The van der Waals surface area contributed by atoms with Crippen LogP contribution in [0.15, 0.2) is 54.6 Å². The van der Waals surface area contributed by atoms with Gasteiger partial charge in [-0.3, -0.25) is 4.79 Å². The van der Waals surface area contributed by atoms with E-state index in [4.69, 9.17) is 4.74 Å². The highest BCUT2D eigenvalue weighted by Crippen LogP contribution is 2.29. The molecule has 0 fully saturated rings. The number of hydrogen-bond acceptors (Lipinski definition) is 4. The van der Waals surface area contributed by atoms with Crippen molar-refractivity contribution >= 4 is 18.0 Å². The average Bonchev–Trinajstić information content (AvgIpc) is 2.79. The number of alkyl carbamates (subject to hydrolysis) is 1. The molecule has 184 valence electrons. The van der Waals surface area contributed by atoms with Crippen LogP contribution < -0.4 is 10.6 Å². The van der Waals surface area contributed by atoms with Gasteiger partial charge in [0.05, 0.1) is 5.56 Å². The zero-order chi connectivity index (χ0) is 25.0. The van der Waals surface area contributed by atoms with E-state index >= 15 is 0 Å². The Bertz CT molecular complexity index is 951. The van der Waals surface area contributed by atoms with Crippen molar-refractivity contribution in [3.8, 4) is 0 Å². The van der Waals surface area contributed by atoms with Crippen molar-refractivity contribution < 1.29 is 37.4 Å². The smallest absolute Gasteiger partial charge is 0.416 e. The molecule has 0 aliphatic rings. The Morgan fingerprint density at radius 2 is 1.65 bits per heavy atom. The fourth-order valence-corrected chi connectivity index (χ4v) is 3.13. The molecule has 0 unspecified atom stereocenters. The number of rotatable bonds is 12. The minimum atomic E-state index is -4.54. The molecule has 2 aromatic carbocycles. The van der Waals surface area contributed by atoms with Gasteiger partial charge in [-0.25, -0.2) is 9.59 Å². The van der Waals surface area contributed by atoms with Gasteiger partial charge in [-0.2, -0.15) is 13.2 Å². The molecule has 1 atom stereocenters. The van der Waals surface area contributed by atoms with Gasteiger partial charge in [0.2, 0.25) is 5.91 Å². The summed E-state index contributed by atoms with van der Waals surface area (Å²) in [7, 11) is 0. The number of hydrogen-bond donors (Lipinski definition) is 3. The molecule has 0 aromatic heterocycles. The van der Waals surface area contributed by atoms with Crippen LogP contribution in [0.1, 0.15) is 42.4 Å². The third-order valence-electron chi connectivity index (χ3n) is 4.89. The van der Waals surface area contributed by atoms with Crippen LogP contribution in [0.2, 0.25) is 0 Å². The number of amides is 2. The molecule has 2 rings (SSSR count). The minimum absolute atomic E-state index is 0.0603. The molecule has 0 heterocycles. The fraction of sp³-hybridized carbons (Fsp3) is 0.375. The molecular formula is C24H27F3N2O5. The number of ether oxygens (including phenoxy) is 1. The van der Waals surface area contributed by atoms with Crippen molar-refractivity contribution in [2.45, 2.75) is 50.9 Å². The summed E-state index contributed by atoms with van der Waals surface area (Å²) in [6.07, 6.45) is -3.61. The van der Waals surface area contributed by atoms with Gasteiger partial charge < -0.3 is 20.5 Å². The standard InChI is InChI=1S/C24H27F3N2O5/c25-24(26,27)19-11-7-10-18(14-19)15-20(22(31)32)29-21(30)12-5-2-6-13-28-23(33)34-16-17-8-3-1-4-9-17/h1,3-4,7-11,14,20H,2,5-6,12-13,15-16H2,(H,28,33)(H,29,30)(H,31,32)/t20-/m0/s1. The van der Waals surface area contributed by atoms with E-state index in [1.165, 1.54) is 12.1 Å². The molecular weight excluding hydrogens is 453 g/mol. The first-order chi connectivity index (χ1) is 16.1. The summed E-state index contributed by atoms with van der Waals surface area (Å²) in [4.78, 5) is 35.2. The molecule has 0 aliphatic carbocycles. The van der Waals surface area contributed by atoms with Crippen molar-refractivity contribution in [2.75, 3.05) is 6.54 Å². The minimum Gasteiger partial charge on any atom is -0.480 e. The van der Waals surface area contributed by atoms with E-state index in [0.29, 0.717) is 25.8 Å². The van der Waals surface area contributed by atoms with Gasteiger partial charge >= 0.3 is 18.2 Å². The number of alkyl halides is 3. The highest BCUT2D eigenvalue weighted by atomic mass is 19.4. The number of carbonyl (C=O) groups excluding carboxylic acids is 2. The Hall–Kier alpha value is -3.56. The van der Waals surface area contributed by atoms with Gasteiger partial charge in [0, 0.05) is 19.4 Å². The van der Waals surface area contributed by atoms with Gasteiger partial charge in [-0.1, -0.05) is 55.0 Å². The number of aliphatic carboxylic acids is 1. The van der Waals surface area contributed by atoms with E-state index in [0.717, 1.165) is 17.7 Å². The number of halogens is 3. The van der Waals surface area contributed by atoms with Crippen molar-refractivity contribution in [2.24, 2.45) is 0 Å². The molecule has 0 spiro atoms. The normalized spacial score (nSPS) is 12.0. The second-order valence-corrected chi connectivity index (χ2v) is 7.66. The average molecular weight is 480 g/mol. The summed E-state index contributed by atoms with van der Waals surface area (Å²) < 4.78 is 43.6. The molecule has 10 heteroatoms. The SMILES string of the molecule is O=C(CCCCCNC(=O)OCc1ccccc1)N[C@@H](Cc1cccc(C(F)(F)F)c1)C(=O)O. The Morgan fingerprint density at radius 3 is 2.32 bits per heavy atom. The summed E-state index contributed by atoms with van der Waals surface area (Å²) in [5, 5.41) is 14.3. The molecule has 0 bridgehead atoms. The number of nitrogens with one attached hydrogen (secondary N) is 2. The van der Waals surface area contributed by atoms with Crippen LogP contribution in [-0.4, -0.2) is 35.7 Å². The Balaban J connectivity index is 1.65. The lowest BCUT2D eigenvalue weighted by atomic mass is 10.0. The maximum absolute atomic E-state index is 12.8. The predicted molar refractivity (Wildman–Crippen MR) is 118 cm³/mol. The van der Waals surface area contributed by atoms with Crippen molar-refractivity contribution in [1.29, 1.82) is 0 Å². The first-order valence-corrected chi connectivity index (χ1v) is 10.8. The Labute approximate surface area is 195 Å². The van der Waals surface area contributed by atoms with Crippen molar-refractivity contribution in [3.63, 3.8) is 0 Å². The molecule has 2 amide bonds. The van der Waals surface area contributed by atoms with Crippen molar-refractivity contribution in [3.05, 3.63) is 71.3 Å². The van der Waals surface area contributed by atoms with E-state index in [1.807, 2.05) is 30.3 Å². The van der Waals surface area contributed by atoms with Crippen LogP contribution in [0.25, 0.3) is 0 Å². The highest BCUT2D eigenvalue weighted by Gasteiger charge is 2.31. The molecule has 0 aliphatic heterocycles. The third kappa shape index (κ3) is 9.93. The van der Waals surface area contributed by atoms with E-state index in [9.17, 15) is 32.7 Å². The van der Waals surface area contributed by atoms with Crippen molar-refractivity contribution in [1.82, 2.24) is 10.6 Å². The van der Waals surface area contributed by atoms with Gasteiger partial charge in [-0.15, -0.1) is 0 Å². The van der Waals surface area contributed by atoms with Crippen LogP contribution in [0, 0.1) is 0 Å². The van der Waals surface area contributed by atoms with Gasteiger partial charge in [0.1, 0.15) is 12.6 Å². The lowest BCUT2D eigenvalue weighted by Gasteiger charge is -2.16. The van der Waals surface area contributed by atoms with E-state index < -0.39 is 35.8 Å². The molecule has 3 N–H and O–H groups in total. The summed E-state index contributed by atoms with van der Waals surface area (Å²) in [5.41, 5.74) is 0.155. The number of unbranched alkanes of at least 4 members (excludes halogenated alkanes) is 2. The van der Waals surface area contributed by atoms with Crippen LogP contribution in [0.3, 0.4) is 0 Å². The summed E-state index contributed by atoms with van der Waals surface area (Å²) in [6, 6.07) is 12.3. The second-order valence-electron chi connectivity index (χ2n) is 7.66. The topological polar surface area (TPSA) is 105 Å². The molecule has 7 nitrogen and oxygen atoms in total. The third-order valence-corrected chi connectivity index (χ3v) is 4.89. The molecule has 0 radical (unpaired) electrons. The summed E-state index contributed by atoms with van der Waals surface area (Å²) >= 11 is 0. The van der Waals surface area contributed by atoms with Crippen LogP contribution in [0.5, 0.6) is 0 Å². The largest absolute Gasteiger partial charge is 0.480 e. The van der Waals surface area contributed by atoms with Crippen LogP contribution >= 0.6 is 0 Å². The maximum atomic E-state index is 12.8. The molecule has 34 heavy (non-hydrogen) atoms. The van der Waals surface area contributed by atoms with Crippen LogP contribution in [0.4, 0.5) is 18.0 Å². The quantitative estimate of drug-likeness (QED) is 0.393. The molecule has 0 saturated heterocycles. The summed E-state index contributed by atoms with van der Waals surface area (Å²) in [6.45, 7) is 0.528. The van der Waals surface area contributed by atoms with E-state index in [1.54, 1.807) is 0 Å². The lowest BCUT2D eigenvalue weighted by Crippen LogP contribution is -2.42. The van der Waals surface area contributed by atoms with Gasteiger partial charge in [0.25, 0.3) is 0 Å². The first-order valence-electron chi connectivity index (χ1n) is 10.8. The van der Waals surface area contributed by atoms with E-state index in [2.05, 4.69) is 10.6 Å². The monoisotopic (exact) mass is 480 g/mol. The van der Waals surface area contributed by atoms with Crippen LogP contribution in [-0.2, 0) is 33.5 Å². The Morgan fingerprint density at radius 1 is 0.941 bits per heavy atom.